The first-order valence-corrected chi connectivity index (χ1v) is 8.83. The van der Waals surface area contributed by atoms with Crippen molar-refractivity contribution < 1.29 is 12.8 Å². The van der Waals surface area contributed by atoms with Crippen molar-refractivity contribution in [3.63, 3.8) is 0 Å². The number of nitrogens with zero attached hydrogens (tertiary/aromatic N) is 1. The molecule has 0 amide bonds. The van der Waals surface area contributed by atoms with Gasteiger partial charge in [0.15, 0.2) is 0 Å². The number of benzene rings is 3. The highest BCUT2D eigenvalue weighted by Gasteiger charge is 2.23. The van der Waals surface area contributed by atoms with Crippen LogP contribution < -0.4 is 4.31 Å². The van der Waals surface area contributed by atoms with Gasteiger partial charge in [0.05, 0.1) is 10.6 Å². The number of hydrogen-bond acceptors (Lipinski definition) is 2. The third kappa shape index (κ3) is 3.03. The molecule has 0 spiro atoms. The first-order chi connectivity index (χ1) is 11.5. The van der Waals surface area contributed by atoms with Gasteiger partial charge in [-0.15, -0.1) is 0 Å². The Morgan fingerprint density at radius 1 is 0.792 bits per heavy atom. The van der Waals surface area contributed by atoms with Crippen LogP contribution in [-0.2, 0) is 10.0 Å². The van der Waals surface area contributed by atoms with Crippen LogP contribution in [0.3, 0.4) is 0 Å². The normalized spacial score (nSPS) is 11.2. The fourth-order valence-corrected chi connectivity index (χ4v) is 3.72. The molecule has 0 aliphatic rings. The van der Waals surface area contributed by atoms with Crippen molar-refractivity contribution in [2.75, 3.05) is 11.4 Å². The molecule has 3 rings (SSSR count). The summed E-state index contributed by atoms with van der Waals surface area (Å²) >= 11 is 0. The molecule has 0 bridgehead atoms. The Hall–Kier alpha value is -2.66. The van der Waals surface area contributed by atoms with E-state index in [4.69, 9.17) is 0 Å². The van der Waals surface area contributed by atoms with E-state index in [1.54, 1.807) is 12.1 Å². The highest BCUT2D eigenvalue weighted by atomic mass is 32.2. The Labute approximate surface area is 141 Å². The predicted molar refractivity (Wildman–Crippen MR) is 93.9 cm³/mol. The summed E-state index contributed by atoms with van der Waals surface area (Å²) in [5, 5.41) is 0. The van der Waals surface area contributed by atoms with E-state index < -0.39 is 15.8 Å². The van der Waals surface area contributed by atoms with Crippen LogP contribution in [0.15, 0.2) is 83.8 Å². The molecule has 122 valence electrons. The van der Waals surface area contributed by atoms with Crippen molar-refractivity contribution in [2.45, 2.75) is 4.90 Å². The SMILES string of the molecule is CN(c1ccccc1-c1ccccc1)S(=O)(=O)c1ccc(F)cc1. The van der Waals surface area contributed by atoms with E-state index in [9.17, 15) is 12.8 Å². The second-order valence-corrected chi connectivity index (χ2v) is 7.28. The maximum absolute atomic E-state index is 13.1. The zero-order valence-corrected chi connectivity index (χ0v) is 13.9. The molecule has 0 aliphatic heterocycles. The van der Waals surface area contributed by atoms with Gasteiger partial charge in [0.1, 0.15) is 5.82 Å². The topological polar surface area (TPSA) is 37.4 Å². The van der Waals surface area contributed by atoms with Crippen LogP contribution in [0.1, 0.15) is 0 Å². The highest BCUT2D eigenvalue weighted by Crippen LogP contribution is 2.32. The van der Waals surface area contributed by atoms with Crippen molar-refractivity contribution in [1.29, 1.82) is 0 Å². The summed E-state index contributed by atoms with van der Waals surface area (Å²) in [7, 11) is -2.27. The summed E-state index contributed by atoms with van der Waals surface area (Å²) in [4.78, 5) is 0.0502. The number of halogens is 1. The molecule has 0 aromatic heterocycles. The minimum atomic E-state index is -3.77. The second kappa shape index (κ2) is 6.45. The minimum absolute atomic E-state index is 0.0502. The van der Waals surface area contributed by atoms with Crippen LogP contribution in [-0.4, -0.2) is 15.5 Å². The summed E-state index contributed by atoms with van der Waals surface area (Å²) in [5.74, 6) is -0.471. The van der Waals surface area contributed by atoms with Crippen LogP contribution in [0.25, 0.3) is 11.1 Å². The molecule has 0 aliphatic carbocycles. The summed E-state index contributed by atoms with van der Waals surface area (Å²) in [5.41, 5.74) is 2.30. The molecule has 3 aromatic rings. The van der Waals surface area contributed by atoms with Crippen LogP contribution in [0, 0.1) is 5.82 Å². The largest absolute Gasteiger partial charge is 0.269 e. The third-order valence-corrected chi connectivity index (χ3v) is 5.59. The van der Waals surface area contributed by atoms with Gasteiger partial charge >= 0.3 is 0 Å². The van der Waals surface area contributed by atoms with Crippen molar-refractivity contribution >= 4 is 15.7 Å². The Morgan fingerprint density at radius 2 is 1.38 bits per heavy atom. The molecule has 0 N–H and O–H groups in total. The first kappa shape index (κ1) is 16.2. The summed E-state index contributed by atoms with van der Waals surface area (Å²) in [6.45, 7) is 0. The standard InChI is InChI=1S/C19H16FNO2S/c1-21(24(22,23)17-13-11-16(20)12-14-17)19-10-6-5-9-18(19)15-7-3-2-4-8-15/h2-14H,1H3. The van der Waals surface area contributed by atoms with E-state index in [1.165, 1.54) is 23.5 Å². The summed E-state index contributed by atoms with van der Waals surface area (Å²) in [6, 6.07) is 21.7. The summed E-state index contributed by atoms with van der Waals surface area (Å²) < 4.78 is 40.0. The lowest BCUT2D eigenvalue weighted by molar-refractivity contribution is 0.593. The van der Waals surface area contributed by atoms with E-state index in [0.29, 0.717) is 5.69 Å². The molecule has 0 saturated heterocycles. The molecular formula is C19H16FNO2S. The van der Waals surface area contributed by atoms with Gasteiger partial charge in [-0.3, -0.25) is 4.31 Å². The minimum Gasteiger partial charge on any atom is -0.269 e. The van der Waals surface area contributed by atoms with Gasteiger partial charge in [-0.2, -0.15) is 0 Å². The van der Waals surface area contributed by atoms with E-state index in [1.807, 2.05) is 42.5 Å². The highest BCUT2D eigenvalue weighted by molar-refractivity contribution is 7.92. The Balaban J connectivity index is 2.08. The van der Waals surface area contributed by atoms with Crippen LogP contribution in [0.5, 0.6) is 0 Å². The Morgan fingerprint density at radius 3 is 2.04 bits per heavy atom. The third-order valence-electron chi connectivity index (χ3n) is 3.80. The molecule has 24 heavy (non-hydrogen) atoms. The molecule has 0 unspecified atom stereocenters. The maximum Gasteiger partial charge on any atom is 0.264 e. The van der Waals surface area contributed by atoms with Crippen molar-refractivity contribution in [3.8, 4) is 11.1 Å². The summed E-state index contributed by atoms with van der Waals surface area (Å²) in [6.07, 6.45) is 0. The first-order valence-electron chi connectivity index (χ1n) is 7.39. The zero-order chi connectivity index (χ0) is 17.2. The van der Waals surface area contributed by atoms with E-state index in [-0.39, 0.29) is 4.90 Å². The molecule has 0 atom stereocenters. The number of rotatable bonds is 4. The number of hydrogen-bond donors (Lipinski definition) is 0. The zero-order valence-electron chi connectivity index (χ0n) is 13.1. The van der Waals surface area contributed by atoms with Crippen LogP contribution >= 0.6 is 0 Å². The average Bonchev–Trinajstić information content (AvgIpc) is 2.62. The lowest BCUT2D eigenvalue weighted by Crippen LogP contribution is -2.27. The Kier molecular flexibility index (Phi) is 4.36. The van der Waals surface area contributed by atoms with Crippen molar-refractivity contribution in [3.05, 3.63) is 84.7 Å². The molecule has 3 nitrogen and oxygen atoms in total. The van der Waals surface area contributed by atoms with Gasteiger partial charge in [0.2, 0.25) is 0 Å². The van der Waals surface area contributed by atoms with Crippen molar-refractivity contribution in [1.82, 2.24) is 0 Å². The maximum atomic E-state index is 13.1. The molecule has 0 heterocycles. The number of anilines is 1. The molecule has 0 fully saturated rings. The van der Waals surface area contributed by atoms with E-state index in [0.717, 1.165) is 23.3 Å². The predicted octanol–water partition coefficient (Wildman–Crippen LogP) is 4.32. The van der Waals surface area contributed by atoms with E-state index in [2.05, 4.69) is 0 Å². The molecular weight excluding hydrogens is 325 g/mol. The number of para-hydroxylation sites is 1. The molecule has 0 radical (unpaired) electrons. The number of sulfonamides is 1. The van der Waals surface area contributed by atoms with E-state index >= 15 is 0 Å². The fourth-order valence-electron chi connectivity index (χ4n) is 2.50. The monoisotopic (exact) mass is 341 g/mol. The van der Waals surface area contributed by atoms with Gasteiger partial charge in [0, 0.05) is 12.6 Å². The molecule has 5 heteroatoms. The quantitative estimate of drug-likeness (QED) is 0.709. The van der Waals surface area contributed by atoms with Gasteiger partial charge in [-0.25, -0.2) is 12.8 Å². The van der Waals surface area contributed by atoms with Gasteiger partial charge in [-0.05, 0) is 35.9 Å². The van der Waals surface area contributed by atoms with Gasteiger partial charge in [-0.1, -0.05) is 48.5 Å². The lowest BCUT2D eigenvalue weighted by Gasteiger charge is -2.22. The van der Waals surface area contributed by atoms with Gasteiger partial charge < -0.3 is 0 Å². The van der Waals surface area contributed by atoms with Crippen LogP contribution in [0.4, 0.5) is 10.1 Å². The Bertz CT molecular complexity index is 939. The smallest absolute Gasteiger partial charge is 0.264 e. The molecule has 0 saturated carbocycles. The van der Waals surface area contributed by atoms with Crippen molar-refractivity contribution in [2.24, 2.45) is 0 Å². The lowest BCUT2D eigenvalue weighted by atomic mass is 10.0. The second-order valence-electron chi connectivity index (χ2n) is 5.31. The average molecular weight is 341 g/mol. The fraction of sp³-hybridized carbons (Fsp3) is 0.0526. The van der Waals surface area contributed by atoms with Crippen LogP contribution in [0.2, 0.25) is 0 Å². The molecule has 3 aromatic carbocycles. The van der Waals surface area contributed by atoms with Gasteiger partial charge in [0.25, 0.3) is 10.0 Å².